The Hall–Kier alpha value is -0.370. The molecule has 0 aromatic heterocycles. The second kappa shape index (κ2) is 27.5. The smallest absolute Gasteiger partial charge is 0.407 e. The first-order valence-corrected chi connectivity index (χ1v) is 36.6. The highest BCUT2D eigenvalue weighted by atomic mass is 32.3. The highest BCUT2D eigenvalue weighted by Gasteiger charge is 2.36. The molecule has 0 saturated heterocycles. The fourth-order valence-corrected chi connectivity index (χ4v) is 30.4. The van der Waals surface area contributed by atoms with Crippen LogP contribution in [-0.4, -0.2) is 114 Å². The minimum absolute atomic E-state index is 0.0247. The van der Waals surface area contributed by atoms with Gasteiger partial charge in [-0.1, -0.05) is 143 Å². The zero-order chi connectivity index (χ0) is 50.1. The molecular weight excluding hydrogens is 1230 g/mol. The number of aliphatic carboxylic acids is 1. The summed E-state index contributed by atoms with van der Waals surface area (Å²) in [6.07, 6.45) is 1.81. The van der Waals surface area contributed by atoms with Crippen molar-refractivity contribution in [1.82, 2.24) is 10.6 Å². The van der Waals surface area contributed by atoms with Crippen LogP contribution >= 0.6 is 188 Å². The second-order valence-electron chi connectivity index (χ2n) is 15.0. The molecule has 9 rings (SSSR count). The Kier molecular flexibility index (Phi) is 21.5. The number of esters is 2. The summed E-state index contributed by atoms with van der Waals surface area (Å²) in [6.45, 7) is -0.00488. The Labute approximate surface area is 485 Å². The van der Waals surface area contributed by atoms with E-state index in [4.69, 9.17) is 14.2 Å². The van der Waals surface area contributed by atoms with Crippen molar-refractivity contribution in [2.75, 3.05) is 66.8 Å². The van der Waals surface area contributed by atoms with Crippen LogP contribution in [0.25, 0.3) is 11.1 Å². The number of ether oxygens (including phenoxy) is 3. The van der Waals surface area contributed by atoms with Crippen LogP contribution in [-0.2, 0) is 33.4 Å². The van der Waals surface area contributed by atoms with E-state index in [1.165, 1.54) is 42.4 Å². The summed E-state index contributed by atoms with van der Waals surface area (Å²) >= 11 is 28.6. The average molecular weight is 1270 g/mol. The van der Waals surface area contributed by atoms with Crippen LogP contribution in [0.5, 0.6) is 0 Å². The number of carboxylic acid groups (broad SMARTS) is 1. The van der Waals surface area contributed by atoms with Gasteiger partial charge in [0.1, 0.15) is 31.9 Å². The van der Waals surface area contributed by atoms with Crippen molar-refractivity contribution in [1.29, 1.82) is 0 Å². The monoisotopic (exact) mass is 1270 g/mol. The summed E-state index contributed by atoms with van der Waals surface area (Å²) in [6, 6.07) is 12.4. The number of carboxylic acids is 1. The van der Waals surface area contributed by atoms with E-state index in [1.807, 2.05) is 155 Å². The fourth-order valence-electron chi connectivity index (χ4n) is 7.24. The second-order valence-corrected chi connectivity index (χ2v) is 34.6. The molecule has 0 fully saturated rings. The molecule has 0 spiro atoms. The molecule has 2 amide bonds. The first kappa shape index (κ1) is 56.4. The van der Waals surface area contributed by atoms with Gasteiger partial charge in [0.15, 0.2) is 0 Å². The molecule has 0 radical (unpaired) electrons. The Morgan fingerprint density at radius 2 is 0.972 bits per heavy atom. The Morgan fingerprint density at radius 1 is 0.556 bits per heavy atom. The zero-order valence-electron chi connectivity index (χ0n) is 37.9. The molecule has 3 N–H and O–H groups in total. The Bertz CT molecular complexity index is 2620. The van der Waals surface area contributed by atoms with Gasteiger partial charge in [-0.25, -0.2) is 9.59 Å². The van der Waals surface area contributed by atoms with Crippen LogP contribution in [0.1, 0.15) is 29.9 Å². The quantitative estimate of drug-likeness (QED) is 0.0653. The van der Waals surface area contributed by atoms with Gasteiger partial charge in [-0.15, -0.1) is 94.1 Å². The van der Waals surface area contributed by atoms with Crippen LogP contribution in [0.2, 0.25) is 0 Å². The molecule has 72 heavy (non-hydrogen) atoms. The summed E-state index contributed by atoms with van der Waals surface area (Å²) in [7, 11) is 0. The highest BCUT2D eigenvalue weighted by Crippen LogP contribution is 2.68. The lowest BCUT2D eigenvalue weighted by atomic mass is 9.98. The zero-order valence-corrected chi connectivity index (χ0v) is 50.9. The van der Waals surface area contributed by atoms with E-state index in [0.717, 1.165) is 53.7 Å². The number of amides is 2. The van der Waals surface area contributed by atoms with Crippen molar-refractivity contribution in [3.8, 4) is 11.1 Å². The van der Waals surface area contributed by atoms with E-state index in [2.05, 4.69) is 10.6 Å². The molecule has 7 aliphatic rings. The van der Waals surface area contributed by atoms with Crippen LogP contribution in [0.3, 0.4) is 0 Å². The molecule has 2 aromatic carbocycles. The lowest BCUT2D eigenvalue weighted by molar-refractivity contribution is -0.150. The number of hydrogen-bond acceptors (Lipinski definition) is 24. The van der Waals surface area contributed by atoms with Crippen molar-refractivity contribution in [3.63, 3.8) is 0 Å². The molecule has 0 saturated carbocycles. The molecule has 0 unspecified atom stereocenters. The van der Waals surface area contributed by atoms with Gasteiger partial charge >= 0.3 is 24.0 Å². The van der Waals surface area contributed by atoms with Crippen molar-refractivity contribution in [2.24, 2.45) is 0 Å². The van der Waals surface area contributed by atoms with Gasteiger partial charge < -0.3 is 30.0 Å². The molecule has 6 aliphatic heterocycles. The molecule has 6 heterocycles. The van der Waals surface area contributed by atoms with Crippen molar-refractivity contribution in [3.05, 3.63) is 111 Å². The molecule has 0 bridgehead atoms. The molecule has 382 valence electrons. The summed E-state index contributed by atoms with van der Waals surface area (Å²) < 4.78 is 32.1. The van der Waals surface area contributed by atoms with Crippen molar-refractivity contribution in [2.45, 2.75) is 30.8 Å². The van der Waals surface area contributed by atoms with Crippen LogP contribution < -0.4 is 10.6 Å². The van der Waals surface area contributed by atoms with E-state index in [1.54, 1.807) is 94.1 Å². The third kappa shape index (κ3) is 14.5. The third-order valence-electron chi connectivity index (χ3n) is 10.4. The molecule has 1 aliphatic carbocycles. The van der Waals surface area contributed by atoms with Gasteiger partial charge in [0, 0.05) is 40.4 Å². The summed E-state index contributed by atoms with van der Waals surface area (Å²) in [4.78, 5) is 66.4. The van der Waals surface area contributed by atoms with Gasteiger partial charge in [0.05, 0.1) is 63.7 Å². The number of carbonyl (C=O) groups excluding carboxylic acids is 4. The van der Waals surface area contributed by atoms with Gasteiger partial charge in [0.25, 0.3) is 0 Å². The molecule has 11 nitrogen and oxygen atoms in total. The molecule has 27 heteroatoms. The standard InChI is InChI=1S/C45H42N2O9S16/c1-57-33-35(67-41(65-33)43-69-37-38(70-43)62-16-15-61-37)59-13-11-54-29(48)19-27(47-45(53)56-21-26-24-9-5-3-7-22(24)23-8-4-6-10-25(23)26)31(50)46-28(32(51)52)20-30(49)55-12-14-60-36-34(58-2)66-42(68-36)44-71-39-40(72-44)64-18-17-63-39/h3-10,26-28H,11-21H2,1-2H3,(H,46,50)(H,47,53)(H,51,52)/t27-,28-/m0/s1. The molecular formula is C45H42N2O9S16. The SMILES string of the molecule is CSC1=C(SCCOC(=O)C[C@H](NC(=O)[C@H](CC(=O)OCCSC2=C(SC)SC(=C3SC4=C(SCCS4)S3)S2)NC(=O)OCC2c3ccccc3-c3ccccc32)C(=O)O)SC(=C2SC3=C(SCCS3)S2)S1. The van der Waals surface area contributed by atoms with E-state index in [-0.39, 0.29) is 25.7 Å². The maximum atomic E-state index is 13.9. The maximum Gasteiger partial charge on any atom is 0.407 e. The summed E-state index contributed by atoms with van der Waals surface area (Å²) in [5.74, 6) is 1.03. The minimum Gasteiger partial charge on any atom is -0.480 e. The van der Waals surface area contributed by atoms with E-state index in [9.17, 15) is 29.1 Å². The summed E-state index contributed by atoms with van der Waals surface area (Å²) in [5, 5.41) is 15.0. The van der Waals surface area contributed by atoms with Crippen LogP contribution in [0.15, 0.2) is 99.4 Å². The van der Waals surface area contributed by atoms with E-state index < -0.39 is 54.8 Å². The lowest BCUT2D eigenvalue weighted by Gasteiger charge is -2.21. The normalized spacial score (nSPS) is 19.4. The number of nitrogens with one attached hydrogen (secondary N) is 2. The number of alkyl carbamates (subject to hydrolysis) is 1. The van der Waals surface area contributed by atoms with Crippen molar-refractivity contribution >= 4 is 218 Å². The number of hydrogen-bond donors (Lipinski definition) is 3. The predicted octanol–water partition coefficient (Wildman–Crippen LogP) is 14.2. The first-order valence-electron chi connectivity index (χ1n) is 21.7. The third-order valence-corrected chi connectivity index (χ3v) is 33.7. The lowest BCUT2D eigenvalue weighted by Crippen LogP contribution is -2.53. The number of fused-ring (bicyclic) bond motifs is 3. The van der Waals surface area contributed by atoms with Crippen LogP contribution in [0, 0.1) is 0 Å². The Balaban J connectivity index is 0.779. The topological polar surface area (TPSA) is 157 Å². The fraction of sp³-hybridized carbons (Fsp3) is 0.356. The van der Waals surface area contributed by atoms with Gasteiger partial charge in [-0.05, 0) is 34.8 Å². The van der Waals surface area contributed by atoms with Gasteiger partial charge in [0.2, 0.25) is 5.91 Å². The highest BCUT2D eigenvalue weighted by molar-refractivity contribution is 8.46. The number of rotatable bonds is 20. The van der Waals surface area contributed by atoms with Crippen LogP contribution in [0.4, 0.5) is 4.79 Å². The van der Waals surface area contributed by atoms with E-state index >= 15 is 0 Å². The molecule has 2 aromatic rings. The minimum atomic E-state index is -1.71. The average Bonchev–Trinajstić information content (AvgIpc) is 4.24. The molecule has 2 atom stereocenters. The first-order chi connectivity index (χ1) is 35.0. The maximum absolute atomic E-state index is 13.9. The Morgan fingerprint density at radius 3 is 1.42 bits per heavy atom. The predicted molar refractivity (Wildman–Crippen MR) is 327 cm³/mol. The number of carbonyl (C=O) groups is 5. The van der Waals surface area contributed by atoms with Crippen molar-refractivity contribution < 1.29 is 43.3 Å². The van der Waals surface area contributed by atoms with E-state index in [0.29, 0.717) is 11.5 Å². The number of thioether (sulfide) groups is 16. The van der Waals surface area contributed by atoms with Gasteiger partial charge in [-0.3, -0.25) is 14.4 Å². The van der Waals surface area contributed by atoms with Gasteiger partial charge in [-0.2, -0.15) is 0 Å². The summed E-state index contributed by atoms with van der Waals surface area (Å²) in [5.41, 5.74) is 4.05. The largest absolute Gasteiger partial charge is 0.480 e. The number of benzene rings is 2.